The average molecular weight is 249 g/mol. The summed E-state index contributed by atoms with van der Waals surface area (Å²) < 4.78 is 31.4. The normalized spacial score (nSPS) is 10.2. The first-order valence-electron chi connectivity index (χ1n) is 5.13. The van der Waals surface area contributed by atoms with E-state index in [4.69, 9.17) is 0 Å². The molecule has 0 aliphatic rings. The van der Waals surface area contributed by atoms with Crippen molar-refractivity contribution in [2.24, 2.45) is 0 Å². The molecule has 0 bridgehead atoms. The summed E-state index contributed by atoms with van der Waals surface area (Å²) in [5, 5.41) is 0. The van der Waals surface area contributed by atoms with Crippen molar-refractivity contribution in [2.45, 2.75) is 0 Å². The number of halogens is 2. The van der Waals surface area contributed by atoms with E-state index in [1.54, 1.807) is 0 Å². The molecule has 0 aliphatic heterocycles. The smallest absolute Gasteiger partial charge is 0.357 e. The van der Waals surface area contributed by atoms with Crippen molar-refractivity contribution < 1.29 is 18.3 Å². The lowest BCUT2D eigenvalue weighted by Crippen LogP contribution is -2.07. The van der Waals surface area contributed by atoms with Gasteiger partial charge in [0, 0.05) is 17.3 Å². The summed E-state index contributed by atoms with van der Waals surface area (Å²) in [6.45, 7) is 0. The summed E-state index contributed by atoms with van der Waals surface area (Å²) in [5.74, 6) is -2.70. The first kappa shape index (κ1) is 12.2. The molecule has 92 valence electrons. The van der Waals surface area contributed by atoms with Crippen molar-refractivity contribution in [3.63, 3.8) is 0 Å². The quantitative estimate of drug-likeness (QED) is 0.768. The number of carbonyl (C=O) groups excluding carboxylic acids is 1. The molecule has 2 aromatic rings. The molecule has 18 heavy (non-hydrogen) atoms. The highest BCUT2D eigenvalue weighted by atomic mass is 19.2. The third kappa shape index (κ3) is 2.07. The molecule has 1 aromatic heterocycles. The van der Waals surface area contributed by atoms with Crippen LogP contribution in [0.15, 0.2) is 36.5 Å². The number of hydrogen-bond donors (Lipinski definition) is 0. The topological polar surface area (TPSA) is 39.2 Å². The molecule has 0 amide bonds. The number of carbonyl (C=O) groups is 1. The van der Waals surface area contributed by atoms with Crippen LogP contribution >= 0.6 is 0 Å². The van der Waals surface area contributed by atoms with Gasteiger partial charge >= 0.3 is 5.97 Å². The first-order valence-corrected chi connectivity index (χ1v) is 5.13. The fourth-order valence-corrected chi connectivity index (χ4v) is 1.59. The number of aromatic nitrogens is 1. The lowest BCUT2D eigenvalue weighted by molar-refractivity contribution is 0.0595. The van der Waals surface area contributed by atoms with Gasteiger partial charge in [0.05, 0.1) is 7.11 Å². The van der Waals surface area contributed by atoms with E-state index in [2.05, 4.69) is 9.72 Å². The van der Waals surface area contributed by atoms with Crippen LogP contribution in [-0.2, 0) is 4.74 Å². The summed E-state index contributed by atoms with van der Waals surface area (Å²) in [5.41, 5.74) is 0.120. The highest BCUT2D eigenvalue weighted by Gasteiger charge is 2.18. The van der Waals surface area contributed by atoms with Gasteiger partial charge < -0.3 is 4.74 Å². The number of ether oxygens (including phenoxy) is 1. The molecular formula is C13H9F2NO2. The van der Waals surface area contributed by atoms with E-state index in [1.807, 2.05) is 0 Å². The van der Waals surface area contributed by atoms with Gasteiger partial charge in [-0.3, -0.25) is 0 Å². The molecule has 0 aliphatic carbocycles. The van der Waals surface area contributed by atoms with Crippen molar-refractivity contribution in [2.75, 3.05) is 7.11 Å². The predicted molar refractivity (Wildman–Crippen MR) is 60.9 cm³/mol. The number of nitrogens with zero attached hydrogens (tertiary/aromatic N) is 1. The number of hydrogen-bond acceptors (Lipinski definition) is 3. The van der Waals surface area contributed by atoms with Crippen LogP contribution in [0.4, 0.5) is 8.78 Å². The zero-order valence-corrected chi connectivity index (χ0v) is 9.48. The van der Waals surface area contributed by atoms with Gasteiger partial charge in [-0.25, -0.2) is 18.6 Å². The number of pyridine rings is 1. The fraction of sp³-hybridized carbons (Fsp3) is 0.0769. The molecule has 0 saturated carbocycles. The van der Waals surface area contributed by atoms with Gasteiger partial charge in [0.15, 0.2) is 17.3 Å². The summed E-state index contributed by atoms with van der Waals surface area (Å²) >= 11 is 0. The maximum Gasteiger partial charge on any atom is 0.357 e. The molecule has 0 unspecified atom stereocenters. The zero-order chi connectivity index (χ0) is 13.1. The van der Waals surface area contributed by atoms with E-state index < -0.39 is 17.6 Å². The van der Waals surface area contributed by atoms with Gasteiger partial charge in [-0.1, -0.05) is 18.2 Å². The third-order valence-electron chi connectivity index (χ3n) is 2.43. The van der Waals surface area contributed by atoms with E-state index in [0.29, 0.717) is 0 Å². The number of methoxy groups -OCH3 is 1. The van der Waals surface area contributed by atoms with Crippen molar-refractivity contribution >= 4 is 5.97 Å². The molecule has 0 spiro atoms. The SMILES string of the molecule is COC(=O)c1ncccc1-c1cccc(F)c1F. The second-order valence-corrected chi connectivity index (χ2v) is 3.49. The van der Waals surface area contributed by atoms with Crippen molar-refractivity contribution in [3.05, 3.63) is 53.9 Å². The van der Waals surface area contributed by atoms with Crippen LogP contribution in [0.3, 0.4) is 0 Å². The Labute approximate surface area is 102 Å². The Morgan fingerprint density at radius 3 is 2.61 bits per heavy atom. The van der Waals surface area contributed by atoms with Crippen molar-refractivity contribution in [3.8, 4) is 11.1 Å². The Kier molecular flexibility index (Phi) is 3.32. The second kappa shape index (κ2) is 4.91. The van der Waals surface area contributed by atoms with Crippen molar-refractivity contribution in [1.29, 1.82) is 0 Å². The van der Waals surface area contributed by atoms with E-state index in [1.165, 1.54) is 37.6 Å². The molecule has 0 fully saturated rings. The molecule has 1 aromatic carbocycles. The summed E-state index contributed by atoms with van der Waals surface area (Å²) in [4.78, 5) is 15.3. The van der Waals surface area contributed by atoms with Crippen LogP contribution < -0.4 is 0 Å². The molecule has 0 radical (unpaired) electrons. The van der Waals surface area contributed by atoms with Gasteiger partial charge in [0.2, 0.25) is 0 Å². The van der Waals surface area contributed by atoms with E-state index in [-0.39, 0.29) is 16.8 Å². The average Bonchev–Trinajstić information content (AvgIpc) is 2.41. The number of benzene rings is 1. The minimum Gasteiger partial charge on any atom is -0.464 e. The van der Waals surface area contributed by atoms with E-state index in [9.17, 15) is 13.6 Å². The number of esters is 1. The highest BCUT2D eigenvalue weighted by molar-refractivity contribution is 5.95. The van der Waals surface area contributed by atoms with Crippen LogP contribution in [0.25, 0.3) is 11.1 Å². The molecule has 1 heterocycles. The Hall–Kier alpha value is -2.30. The molecular weight excluding hydrogens is 240 g/mol. The van der Waals surface area contributed by atoms with Crippen LogP contribution in [0.2, 0.25) is 0 Å². The molecule has 5 heteroatoms. The molecule has 0 atom stereocenters. The van der Waals surface area contributed by atoms with Gasteiger partial charge in [-0.2, -0.15) is 0 Å². The third-order valence-corrected chi connectivity index (χ3v) is 2.43. The Morgan fingerprint density at radius 2 is 1.89 bits per heavy atom. The molecule has 0 saturated heterocycles. The van der Waals surface area contributed by atoms with E-state index >= 15 is 0 Å². The summed E-state index contributed by atoms with van der Waals surface area (Å²) in [6.07, 6.45) is 1.38. The van der Waals surface area contributed by atoms with Crippen LogP contribution in [0.1, 0.15) is 10.5 Å². The minimum absolute atomic E-state index is 0.0245. The minimum atomic E-state index is -1.02. The Balaban J connectivity index is 2.64. The van der Waals surface area contributed by atoms with Crippen molar-refractivity contribution in [1.82, 2.24) is 4.98 Å². The largest absolute Gasteiger partial charge is 0.464 e. The Morgan fingerprint density at radius 1 is 1.17 bits per heavy atom. The van der Waals surface area contributed by atoms with E-state index in [0.717, 1.165) is 6.07 Å². The molecule has 0 N–H and O–H groups in total. The zero-order valence-electron chi connectivity index (χ0n) is 9.48. The Bertz CT molecular complexity index is 599. The van der Waals surface area contributed by atoms with Gasteiger partial charge in [-0.15, -0.1) is 0 Å². The fourth-order valence-electron chi connectivity index (χ4n) is 1.59. The van der Waals surface area contributed by atoms with Crippen LogP contribution in [0, 0.1) is 11.6 Å². The predicted octanol–water partition coefficient (Wildman–Crippen LogP) is 2.81. The van der Waals surface area contributed by atoms with Gasteiger partial charge in [0.1, 0.15) is 0 Å². The van der Waals surface area contributed by atoms with Crippen LogP contribution in [-0.4, -0.2) is 18.1 Å². The molecule has 2 rings (SSSR count). The number of rotatable bonds is 2. The first-order chi connectivity index (χ1) is 8.65. The monoisotopic (exact) mass is 249 g/mol. The highest BCUT2D eigenvalue weighted by Crippen LogP contribution is 2.26. The molecule has 3 nitrogen and oxygen atoms in total. The maximum absolute atomic E-state index is 13.7. The van der Waals surface area contributed by atoms with Gasteiger partial charge in [-0.05, 0) is 12.1 Å². The van der Waals surface area contributed by atoms with Crippen LogP contribution in [0.5, 0.6) is 0 Å². The summed E-state index contributed by atoms with van der Waals surface area (Å²) in [6, 6.07) is 6.76. The lowest BCUT2D eigenvalue weighted by Gasteiger charge is -2.08. The van der Waals surface area contributed by atoms with Gasteiger partial charge in [0.25, 0.3) is 0 Å². The second-order valence-electron chi connectivity index (χ2n) is 3.49. The standard InChI is InChI=1S/C13H9F2NO2/c1-18-13(17)12-9(5-3-7-16-12)8-4-2-6-10(14)11(8)15/h2-7H,1H3. The summed E-state index contributed by atoms with van der Waals surface area (Å²) in [7, 11) is 1.20. The maximum atomic E-state index is 13.7. The lowest BCUT2D eigenvalue weighted by atomic mass is 10.0.